The molecule has 0 aliphatic carbocycles. The number of piperidine rings is 1. The van der Waals surface area contributed by atoms with Gasteiger partial charge in [-0.1, -0.05) is 23.1 Å². The Morgan fingerprint density at radius 3 is 2.52 bits per heavy atom. The Morgan fingerprint density at radius 2 is 1.97 bits per heavy atom. The lowest BCUT2D eigenvalue weighted by Gasteiger charge is -2.27. The van der Waals surface area contributed by atoms with Gasteiger partial charge in [-0.05, 0) is 31.8 Å². The minimum atomic E-state index is -3.53. The van der Waals surface area contributed by atoms with Crippen LogP contribution in [-0.4, -0.2) is 69.6 Å². The molecule has 10 nitrogen and oxygen atoms in total. The van der Waals surface area contributed by atoms with Gasteiger partial charge in [0.25, 0.3) is 0 Å². The number of likely N-dealkylation sites (tertiary alicyclic amines) is 1. The van der Waals surface area contributed by atoms with E-state index in [4.69, 9.17) is 40.4 Å². The number of aliphatic hydroxyl groups is 1. The van der Waals surface area contributed by atoms with Crippen molar-refractivity contribution >= 4 is 28.7 Å². The molecule has 2 rings (SSSR count). The summed E-state index contributed by atoms with van der Waals surface area (Å²) in [5.74, 6) is -2.51. The minimum Gasteiger partial charge on any atom is -0.619 e. The molecule has 1 aliphatic heterocycles. The van der Waals surface area contributed by atoms with Crippen LogP contribution in [0.3, 0.4) is 0 Å². The molecule has 1 atom stereocenters. The first-order valence-electron chi connectivity index (χ1n) is 12.7. The summed E-state index contributed by atoms with van der Waals surface area (Å²) in [6.45, 7) is -8.28. The van der Waals surface area contributed by atoms with Crippen LogP contribution >= 0.6 is 11.6 Å². The molecule has 0 bridgehead atoms. The van der Waals surface area contributed by atoms with Crippen LogP contribution in [0, 0.1) is 5.21 Å². The van der Waals surface area contributed by atoms with Crippen molar-refractivity contribution in [2.45, 2.75) is 25.2 Å². The smallest absolute Gasteiger partial charge is 0.328 e. The van der Waals surface area contributed by atoms with Gasteiger partial charge in [-0.2, -0.15) is 4.73 Å². The van der Waals surface area contributed by atoms with E-state index in [1.807, 2.05) is 0 Å². The predicted octanol–water partition coefficient (Wildman–Crippen LogP) is 0.796. The molecule has 2 heterocycles. The number of aromatic nitrogens is 1. The number of carbonyl (C=O) groups is 2. The second kappa shape index (κ2) is 13.5. The quantitative estimate of drug-likeness (QED) is 0.177. The first-order valence-corrected chi connectivity index (χ1v) is 8.06. The van der Waals surface area contributed by atoms with E-state index in [0.717, 1.165) is 6.20 Å². The highest BCUT2D eigenvalue weighted by Crippen LogP contribution is 2.09. The van der Waals surface area contributed by atoms with Gasteiger partial charge in [-0.15, -0.1) is 0 Å². The first kappa shape index (κ1) is 12.8. The van der Waals surface area contributed by atoms with E-state index in [-0.39, 0.29) is 15.6 Å². The average molecular weight is 440 g/mol. The van der Waals surface area contributed by atoms with E-state index in [2.05, 4.69) is 5.16 Å². The number of hydrogen-bond acceptors (Lipinski definition) is 7. The van der Waals surface area contributed by atoms with Crippen LogP contribution in [0.4, 0.5) is 0 Å². The van der Waals surface area contributed by atoms with Gasteiger partial charge < -0.3 is 30.3 Å². The molecule has 1 saturated heterocycles. The Bertz CT molecular complexity index is 1070. The summed E-state index contributed by atoms with van der Waals surface area (Å²) in [5.41, 5.74) is 0.195. The molecule has 11 heteroatoms. The largest absolute Gasteiger partial charge is 0.619 e. The predicted molar refractivity (Wildman–Crippen MR) is 104 cm³/mol. The fourth-order valence-electron chi connectivity index (χ4n) is 1.56. The summed E-state index contributed by atoms with van der Waals surface area (Å²) < 4.78 is 79.2. The highest BCUT2D eigenvalue weighted by Gasteiger charge is 2.15. The highest BCUT2D eigenvalue weighted by molar-refractivity contribution is 6.69. The van der Waals surface area contributed by atoms with Gasteiger partial charge in [0, 0.05) is 38.5 Å². The van der Waals surface area contributed by atoms with Gasteiger partial charge in [-0.25, -0.2) is 9.59 Å². The summed E-state index contributed by atoms with van der Waals surface area (Å²) in [7, 11) is 0. The number of rotatable bonds is 8. The third-order valence-electron chi connectivity index (χ3n) is 2.69. The number of halogens is 1. The zero-order chi connectivity index (χ0) is 30.6. The molecule has 0 aromatic carbocycles. The maximum atomic E-state index is 11.2. The topological polar surface area (TPSA) is 147 Å². The Morgan fingerprint density at radius 1 is 1.34 bits per heavy atom. The SMILES string of the molecule is O=C(O)/C=C\C(=O)O.[2H]C1([2H])N(C[C@@H](O)CO/N=C(\Cl)c2ccc[n+]([O-])c2)C([2H])([2H])C([2H])([2H])C([2H])([2H])C1([2H])[2H]. The number of carboxylic acid groups (broad SMARTS) is 2. The van der Waals surface area contributed by atoms with Crippen molar-refractivity contribution in [1.82, 2.24) is 4.90 Å². The Hall–Kier alpha value is -2.69. The second-order valence-electron chi connectivity index (χ2n) is 5.00. The standard InChI is InChI=1S/C14H20ClN3O3.C4H4O4/c15-14(12-5-4-8-18(20)9-12)16-21-11-13(19)10-17-6-2-1-3-7-17;5-3(6)1-2-4(7)8/h4-5,8-9,13,19H,1-3,6-7,10-11H2;1-2H,(H,5,6)(H,7,8)/b16-14-;2-1-/t13-;/m1./s1/i1D2,2D2,3D2,6D2,7D2;. The number of nitrogens with zero attached hydrogens (tertiary/aromatic N) is 3. The van der Waals surface area contributed by atoms with Gasteiger partial charge in [0.05, 0.1) is 5.56 Å². The minimum absolute atomic E-state index is 0.0955. The molecule has 29 heavy (non-hydrogen) atoms. The van der Waals surface area contributed by atoms with Crippen molar-refractivity contribution in [3.63, 3.8) is 0 Å². The van der Waals surface area contributed by atoms with Crippen LogP contribution in [0.2, 0.25) is 0 Å². The van der Waals surface area contributed by atoms with E-state index < -0.39 is 63.3 Å². The molecular weight excluding hydrogens is 406 g/mol. The van der Waals surface area contributed by atoms with Crippen molar-refractivity contribution in [1.29, 1.82) is 0 Å². The Labute approximate surface area is 186 Å². The lowest BCUT2D eigenvalue weighted by atomic mass is 10.1. The molecule has 0 unspecified atom stereocenters. The third kappa shape index (κ3) is 11.7. The van der Waals surface area contributed by atoms with Crippen molar-refractivity contribution in [3.8, 4) is 0 Å². The number of aliphatic hydroxyl groups excluding tert-OH is 1. The molecule has 0 spiro atoms. The number of β-amino-alcohol motifs (C(OH)–C–C–N with tert-alkyl or cyclic N) is 1. The number of carboxylic acids is 2. The number of aliphatic carboxylic acids is 2. The molecule has 1 aromatic heterocycles. The average Bonchev–Trinajstić information content (AvgIpc) is 2.80. The summed E-state index contributed by atoms with van der Waals surface area (Å²) in [4.78, 5) is 24.0. The van der Waals surface area contributed by atoms with Gasteiger partial charge in [-0.3, -0.25) is 0 Å². The molecule has 0 radical (unpaired) electrons. The van der Waals surface area contributed by atoms with Crippen LogP contribution in [0.5, 0.6) is 0 Å². The highest BCUT2D eigenvalue weighted by atomic mass is 35.5. The maximum absolute atomic E-state index is 11.2. The Kier molecular flexibility index (Phi) is 5.94. The van der Waals surface area contributed by atoms with Crippen LogP contribution in [0.15, 0.2) is 41.8 Å². The molecule has 1 aliphatic rings. The van der Waals surface area contributed by atoms with Crippen molar-refractivity contribution < 1.29 is 48.2 Å². The fourth-order valence-corrected chi connectivity index (χ4v) is 1.72. The summed E-state index contributed by atoms with van der Waals surface area (Å²) in [6, 6.07) is 2.85. The zero-order valence-corrected chi connectivity index (χ0v) is 15.4. The molecule has 3 N–H and O–H groups in total. The lowest BCUT2D eigenvalue weighted by molar-refractivity contribution is -0.605. The van der Waals surface area contributed by atoms with E-state index in [1.165, 1.54) is 18.3 Å². The van der Waals surface area contributed by atoms with Crippen LogP contribution < -0.4 is 4.73 Å². The number of oxime groups is 1. The zero-order valence-electron chi connectivity index (χ0n) is 24.6. The monoisotopic (exact) mass is 439 g/mol. The van der Waals surface area contributed by atoms with Crippen molar-refractivity contribution in [2.75, 3.05) is 26.1 Å². The van der Waals surface area contributed by atoms with Gasteiger partial charge in [0.15, 0.2) is 17.6 Å². The fraction of sp³-hybridized carbons (Fsp3) is 0.444. The van der Waals surface area contributed by atoms with Crippen molar-refractivity contribution in [2.24, 2.45) is 5.16 Å². The number of pyridine rings is 1. The molecule has 0 saturated carbocycles. The molecule has 0 amide bonds. The molecule has 160 valence electrons. The maximum Gasteiger partial charge on any atom is 0.328 e. The third-order valence-corrected chi connectivity index (χ3v) is 2.98. The van der Waals surface area contributed by atoms with E-state index >= 15 is 0 Å². The summed E-state index contributed by atoms with van der Waals surface area (Å²) in [6.07, 6.45) is -8.74. The molecule has 1 fully saturated rings. The molecular formula is C18H24ClN3O7. The van der Waals surface area contributed by atoms with E-state index in [1.54, 1.807) is 0 Å². The first-order chi connectivity index (χ1) is 17.5. The summed E-state index contributed by atoms with van der Waals surface area (Å²) in [5, 5.41) is 40.2. The van der Waals surface area contributed by atoms with Crippen molar-refractivity contribution in [3.05, 3.63) is 47.4 Å². The summed E-state index contributed by atoms with van der Waals surface area (Å²) >= 11 is 5.87. The van der Waals surface area contributed by atoms with Crippen LogP contribution in [0.25, 0.3) is 0 Å². The van der Waals surface area contributed by atoms with E-state index in [0.29, 0.717) is 16.9 Å². The van der Waals surface area contributed by atoms with Gasteiger partial charge >= 0.3 is 11.9 Å². The number of hydrogen-bond donors (Lipinski definition) is 3. The lowest BCUT2D eigenvalue weighted by Crippen LogP contribution is -2.38. The Balaban J connectivity index is 0.000000824. The second-order valence-corrected chi connectivity index (χ2v) is 5.36. The van der Waals surface area contributed by atoms with E-state index in [9.17, 15) is 19.9 Å². The van der Waals surface area contributed by atoms with Crippen LogP contribution in [-0.2, 0) is 14.4 Å². The van der Waals surface area contributed by atoms with Gasteiger partial charge in [0.2, 0.25) is 0 Å². The van der Waals surface area contributed by atoms with Crippen LogP contribution in [0.1, 0.15) is 38.4 Å². The molecule has 1 aromatic rings. The van der Waals surface area contributed by atoms with Gasteiger partial charge in [0.1, 0.15) is 12.7 Å². The normalized spacial score (nSPS) is 29.8.